The van der Waals surface area contributed by atoms with Crippen molar-refractivity contribution in [1.29, 1.82) is 0 Å². The molecule has 0 aliphatic rings. The Hall–Kier alpha value is -3.14. The van der Waals surface area contributed by atoms with Gasteiger partial charge in [0.05, 0.1) is 23.0 Å². The summed E-state index contributed by atoms with van der Waals surface area (Å²) < 4.78 is 31.0. The summed E-state index contributed by atoms with van der Waals surface area (Å²) >= 11 is 0. The number of nitrogens with one attached hydrogen (secondary N) is 1. The Morgan fingerprint density at radius 2 is 1.76 bits per heavy atom. The maximum atomic E-state index is 12.7. The van der Waals surface area contributed by atoms with Crippen molar-refractivity contribution in [2.45, 2.75) is 32.9 Å². The van der Waals surface area contributed by atoms with Crippen LogP contribution in [0.3, 0.4) is 0 Å². The van der Waals surface area contributed by atoms with Gasteiger partial charge in [0, 0.05) is 17.8 Å². The standard InChI is InChI=1S/C19H23N3O6S/c1-13(2)28-18-10-8-15(9-11-18)20-19(23)14(3)21(29(4,26)27)16-6-5-7-17(12-16)22(24)25/h5-14H,1-4H3,(H,20,23). The van der Waals surface area contributed by atoms with Gasteiger partial charge in [0.1, 0.15) is 11.8 Å². The molecule has 29 heavy (non-hydrogen) atoms. The highest BCUT2D eigenvalue weighted by Gasteiger charge is 2.30. The lowest BCUT2D eigenvalue weighted by Crippen LogP contribution is -2.45. The number of nitro benzene ring substituents is 1. The molecule has 0 aliphatic heterocycles. The summed E-state index contributed by atoms with van der Waals surface area (Å²) in [4.78, 5) is 23.1. The smallest absolute Gasteiger partial charge is 0.271 e. The maximum Gasteiger partial charge on any atom is 0.271 e. The number of nitrogens with zero attached hydrogens (tertiary/aromatic N) is 2. The van der Waals surface area contributed by atoms with Crippen molar-refractivity contribution in [3.05, 3.63) is 58.6 Å². The van der Waals surface area contributed by atoms with Crippen LogP contribution in [0.25, 0.3) is 0 Å². The molecule has 0 saturated carbocycles. The minimum atomic E-state index is -3.89. The van der Waals surface area contributed by atoms with E-state index in [-0.39, 0.29) is 17.5 Å². The summed E-state index contributed by atoms with van der Waals surface area (Å²) in [6, 6.07) is 10.6. The monoisotopic (exact) mass is 421 g/mol. The number of benzene rings is 2. The molecule has 0 radical (unpaired) electrons. The number of nitro groups is 1. The number of non-ortho nitro benzene ring substituents is 1. The van der Waals surface area contributed by atoms with Crippen LogP contribution in [0.1, 0.15) is 20.8 Å². The first kappa shape index (κ1) is 22.2. The summed E-state index contributed by atoms with van der Waals surface area (Å²) in [5.41, 5.74) is 0.222. The van der Waals surface area contributed by atoms with Crippen LogP contribution in [0, 0.1) is 10.1 Å². The van der Waals surface area contributed by atoms with Gasteiger partial charge in [-0.3, -0.25) is 19.2 Å². The molecule has 1 unspecified atom stereocenters. The lowest BCUT2D eigenvalue weighted by Gasteiger charge is -2.28. The number of sulfonamides is 1. The fraction of sp³-hybridized carbons (Fsp3) is 0.316. The number of hydrogen-bond donors (Lipinski definition) is 1. The van der Waals surface area contributed by atoms with Crippen LogP contribution >= 0.6 is 0 Å². The van der Waals surface area contributed by atoms with Gasteiger partial charge in [0.2, 0.25) is 15.9 Å². The lowest BCUT2D eigenvalue weighted by atomic mass is 10.2. The minimum absolute atomic E-state index is 0.00807. The molecule has 0 saturated heterocycles. The highest BCUT2D eigenvalue weighted by atomic mass is 32.2. The first-order chi connectivity index (χ1) is 13.5. The molecule has 0 fully saturated rings. The van der Waals surface area contributed by atoms with E-state index in [1.54, 1.807) is 24.3 Å². The van der Waals surface area contributed by atoms with E-state index < -0.39 is 26.9 Å². The number of ether oxygens (including phenoxy) is 1. The van der Waals surface area contributed by atoms with Gasteiger partial charge in [-0.1, -0.05) is 6.07 Å². The van der Waals surface area contributed by atoms with Gasteiger partial charge in [-0.05, 0) is 51.1 Å². The molecule has 1 atom stereocenters. The van der Waals surface area contributed by atoms with Crippen molar-refractivity contribution >= 4 is 33.0 Å². The molecule has 2 aromatic carbocycles. The van der Waals surface area contributed by atoms with Gasteiger partial charge in [0.25, 0.3) is 5.69 Å². The molecule has 0 aromatic heterocycles. The van der Waals surface area contributed by atoms with E-state index in [4.69, 9.17) is 4.74 Å². The SMILES string of the molecule is CC(C)Oc1ccc(NC(=O)C(C)N(c2cccc([N+](=O)[O-])c2)S(C)(=O)=O)cc1. The first-order valence-corrected chi connectivity index (χ1v) is 10.7. The Balaban J connectivity index is 2.25. The second kappa shape index (κ2) is 8.91. The molecule has 2 rings (SSSR count). The molecule has 1 amide bonds. The number of amides is 1. The zero-order chi connectivity index (χ0) is 21.8. The number of carbonyl (C=O) groups excluding carboxylic acids is 1. The van der Waals surface area contributed by atoms with Crippen molar-refractivity contribution in [2.75, 3.05) is 15.9 Å². The quantitative estimate of drug-likeness (QED) is 0.516. The minimum Gasteiger partial charge on any atom is -0.491 e. The van der Waals surface area contributed by atoms with Crippen LogP contribution in [0.5, 0.6) is 5.75 Å². The predicted octanol–water partition coefficient (Wildman–Crippen LogP) is 3.18. The third-order valence-corrected chi connectivity index (χ3v) is 5.12. The van der Waals surface area contributed by atoms with E-state index in [2.05, 4.69) is 5.32 Å². The lowest BCUT2D eigenvalue weighted by molar-refractivity contribution is -0.384. The summed E-state index contributed by atoms with van der Waals surface area (Å²) in [7, 11) is -3.89. The largest absolute Gasteiger partial charge is 0.491 e. The fourth-order valence-electron chi connectivity index (χ4n) is 2.69. The maximum absolute atomic E-state index is 12.7. The van der Waals surface area contributed by atoms with Gasteiger partial charge in [-0.15, -0.1) is 0 Å². The van der Waals surface area contributed by atoms with Crippen LogP contribution in [0.4, 0.5) is 17.1 Å². The third-order valence-electron chi connectivity index (χ3n) is 3.88. The van der Waals surface area contributed by atoms with E-state index >= 15 is 0 Å². The van der Waals surface area contributed by atoms with Crippen molar-refractivity contribution in [1.82, 2.24) is 0 Å². The zero-order valence-electron chi connectivity index (χ0n) is 16.5. The molecule has 0 bridgehead atoms. The van der Waals surface area contributed by atoms with E-state index in [9.17, 15) is 23.3 Å². The molecule has 2 aromatic rings. The predicted molar refractivity (Wildman–Crippen MR) is 111 cm³/mol. The number of rotatable bonds is 8. The van der Waals surface area contributed by atoms with Gasteiger partial charge in [-0.25, -0.2) is 8.42 Å². The van der Waals surface area contributed by atoms with E-state index in [1.807, 2.05) is 13.8 Å². The van der Waals surface area contributed by atoms with Crippen molar-refractivity contribution in [3.63, 3.8) is 0 Å². The summed E-state index contributed by atoms with van der Waals surface area (Å²) in [6.07, 6.45) is 0.946. The molecule has 9 nitrogen and oxygen atoms in total. The van der Waals surface area contributed by atoms with E-state index in [0.717, 1.165) is 16.6 Å². The summed E-state index contributed by atoms with van der Waals surface area (Å²) in [5.74, 6) is 0.0554. The van der Waals surface area contributed by atoms with Gasteiger partial charge < -0.3 is 10.1 Å². The second-order valence-corrected chi connectivity index (χ2v) is 8.55. The van der Waals surface area contributed by atoms with Crippen LogP contribution in [-0.2, 0) is 14.8 Å². The normalized spacial score (nSPS) is 12.3. The Morgan fingerprint density at radius 1 is 1.14 bits per heavy atom. The average Bonchev–Trinajstić information content (AvgIpc) is 2.62. The highest BCUT2D eigenvalue weighted by Crippen LogP contribution is 2.26. The van der Waals surface area contributed by atoms with E-state index in [1.165, 1.54) is 25.1 Å². The molecule has 0 heterocycles. The molecule has 1 N–H and O–H groups in total. The van der Waals surface area contributed by atoms with Crippen LogP contribution in [-0.4, -0.2) is 37.6 Å². The molecular formula is C19H23N3O6S. The molecule has 156 valence electrons. The topological polar surface area (TPSA) is 119 Å². The third kappa shape index (κ3) is 5.92. The van der Waals surface area contributed by atoms with Gasteiger partial charge in [-0.2, -0.15) is 0 Å². The first-order valence-electron chi connectivity index (χ1n) is 8.80. The Morgan fingerprint density at radius 3 is 2.28 bits per heavy atom. The number of carbonyl (C=O) groups is 1. The molecule has 0 spiro atoms. The van der Waals surface area contributed by atoms with E-state index in [0.29, 0.717) is 11.4 Å². The van der Waals surface area contributed by atoms with Gasteiger partial charge in [0.15, 0.2) is 0 Å². The Kier molecular flexibility index (Phi) is 6.80. The van der Waals surface area contributed by atoms with Crippen LogP contribution in [0.15, 0.2) is 48.5 Å². The summed E-state index contributed by atoms with van der Waals surface area (Å²) in [5, 5.41) is 13.7. The van der Waals surface area contributed by atoms with Crippen LogP contribution in [0.2, 0.25) is 0 Å². The zero-order valence-corrected chi connectivity index (χ0v) is 17.3. The second-order valence-electron chi connectivity index (χ2n) is 6.69. The Bertz CT molecular complexity index is 989. The highest BCUT2D eigenvalue weighted by molar-refractivity contribution is 7.92. The number of hydrogen-bond acceptors (Lipinski definition) is 6. The number of anilines is 2. The van der Waals surface area contributed by atoms with Crippen molar-refractivity contribution in [3.8, 4) is 5.75 Å². The summed E-state index contributed by atoms with van der Waals surface area (Å²) in [6.45, 7) is 5.20. The van der Waals surface area contributed by atoms with Gasteiger partial charge >= 0.3 is 0 Å². The Labute approximate surface area is 169 Å². The van der Waals surface area contributed by atoms with Crippen molar-refractivity contribution in [2.24, 2.45) is 0 Å². The average molecular weight is 421 g/mol. The molecule has 10 heteroatoms. The molecule has 0 aliphatic carbocycles. The molecular weight excluding hydrogens is 398 g/mol. The fourth-order valence-corrected chi connectivity index (χ4v) is 3.85. The van der Waals surface area contributed by atoms with Crippen molar-refractivity contribution < 1.29 is 22.9 Å². The van der Waals surface area contributed by atoms with Crippen LogP contribution < -0.4 is 14.4 Å².